The van der Waals surface area contributed by atoms with Crippen LogP contribution < -0.4 is 15.6 Å². The van der Waals surface area contributed by atoms with Crippen LogP contribution in [0.1, 0.15) is 17.2 Å². The molecule has 0 aliphatic carbocycles. The van der Waals surface area contributed by atoms with Crippen LogP contribution in [-0.4, -0.2) is 47.1 Å². The molecule has 1 unspecified atom stereocenters. The van der Waals surface area contributed by atoms with Gasteiger partial charge in [-0.2, -0.15) is 0 Å². The molecule has 0 saturated carbocycles. The minimum absolute atomic E-state index is 0. The zero-order valence-electron chi connectivity index (χ0n) is 17.0. The molecule has 2 aromatic carbocycles. The van der Waals surface area contributed by atoms with Crippen LogP contribution in [0.25, 0.3) is 10.9 Å². The minimum Gasteiger partial charge on any atom is -0.496 e. The number of para-hydroxylation sites is 2. The van der Waals surface area contributed by atoms with Gasteiger partial charge in [0, 0.05) is 25.2 Å². The van der Waals surface area contributed by atoms with Crippen molar-refractivity contribution < 1.29 is 9.53 Å². The van der Waals surface area contributed by atoms with Crippen molar-refractivity contribution in [3.63, 3.8) is 0 Å². The van der Waals surface area contributed by atoms with E-state index in [2.05, 4.69) is 10.3 Å². The topological polar surface area (TPSA) is 76.5 Å². The number of fused-ring (bicyclic) bond motifs is 1. The van der Waals surface area contributed by atoms with Crippen LogP contribution in [0, 0.1) is 6.92 Å². The smallest absolute Gasteiger partial charge is 0.261 e. The number of hydrogen-bond donors (Lipinski definition) is 1. The van der Waals surface area contributed by atoms with Crippen LogP contribution in [0.2, 0.25) is 0 Å². The maximum atomic E-state index is 13.2. The van der Waals surface area contributed by atoms with Gasteiger partial charge in [0.1, 0.15) is 12.3 Å². The Hall–Kier alpha value is -2.90. The minimum atomic E-state index is -0.198. The maximum Gasteiger partial charge on any atom is 0.261 e. The van der Waals surface area contributed by atoms with Crippen molar-refractivity contribution in [2.45, 2.75) is 19.5 Å². The van der Waals surface area contributed by atoms with Gasteiger partial charge in [0.25, 0.3) is 5.56 Å². The molecule has 1 aliphatic rings. The molecular formula is C22H25ClN4O3. The summed E-state index contributed by atoms with van der Waals surface area (Å²) in [5.74, 6) is 0.636. The Bertz CT molecular complexity index is 1110. The lowest BCUT2D eigenvalue weighted by Gasteiger charge is -2.37. The molecule has 2 heterocycles. The van der Waals surface area contributed by atoms with E-state index in [-0.39, 0.29) is 36.5 Å². The molecule has 30 heavy (non-hydrogen) atoms. The first-order chi connectivity index (χ1) is 14.1. The summed E-state index contributed by atoms with van der Waals surface area (Å²) < 4.78 is 6.89. The summed E-state index contributed by atoms with van der Waals surface area (Å²) in [5, 5.41) is 3.87. The number of rotatable bonds is 4. The molecule has 3 aromatic rings. The monoisotopic (exact) mass is 428 g/mol. The van der Waals surface area contributed by atoms with E-state index < -0.39 is 0 Å². The second-order valence-electron chi connectivity index (χ2n) is 7.20. The molecule has 0 bridgehead atoms. The van der Waals surface area contributed by atoms with Gasteiger partial charge in [-0.15, -0.1) is 12.4 Å². The fourth-order valence-electron chi connectivity index (χ4n) is 3.91. The lowest BCUT2D eigenvalue weighted by atomic mass is 10.0. The number of halogens is 1. The number of nitrogens with zero attached hydrogens (tertiary/aromatic N) is 3. The number of aryl methyl sites for hydroxylation is 1. The lowest BCUT2D eigenvalue weighted by Crippen LogP contribution is -2.50. The van der Waals surface area contributed by atoms with Crippen LogP contribution in [0.3, 0.4) is 0 Å². The van der Waals surface area contributed by atoms with E-state index in [0.29, 0.717) is 30.5 Å². The van der Waals surface area contributed by atoms with E-state index in [1.54, 1.807) is 13.2 Å². The van der Waals surface area contributed by atoms with Gasteiger partial charge in [-0.1, -0.05) is 30.3 Å². The average Bonchev–Trinajstić information content (AvgIpc) is 2.76. The van der Waals surface area contributed by atoms with Gasteiger partial charge in [-0.3, -0.25) is 14.2 Å². The number of carbonyl (C=O) groups is 1. The van der Waals surface area contributed by atoms with Crippen LogP contribution in [0.5, 0.6) is 5.75 Å². The Morgan fingerprint density at radius 1 is 1.23 bits per heavy atom. The van der Waals surface area contributed by atoms with Crippen LogP contribution >= 0.6 is 12.4 Å². The van der Waals surface area contributed by atoms with E-state index in [4.69, 9.17) is 4.74 Å². The van der Waals surface area contributed by atoms with Crippen molar-refractivity contribution in [2.75, 3.05) is 26.7 Å². The predicted molar refractivity (Wildman–Crippen MR) is 118 cm³/mol. The molecule has 158 valence electrons. The molecule has 1 aromatic heterocycles. The Morgan fingerprint density at radius 2 is 2.03 bits per heavy atom. The standard InChI is InChI=1S/C22H24N4O3.ClH/c1-15-6-5-8-17-21(15)24-14-25(22(17)28)13-20(27)26-11-10-23-12-18(26)16-7-3-4-9-19(16)29-2;/h3-9,14,18,23H,10-13H2,1-2H3;1H. The summed E-state index contributed by atoms with van der Waals surface area (Å²) in [6.45, 7) is 3.79. The maximum absolute atomic E-state index is 13.2. The number of ether oxygens (including phenoxy) is 1. The second kappa shape index (κ2) is 9.28. The first-order valence-electron chi connectivity index (χ1n) is 9.68. The number of nitrogens with one attached hydrogen (secondary N) is 1. The van der Waals surface area contributed by atoms with Gasteiger partial charge in [0.2, 0.25) is 5.91 Å². The van der Waals surface area contributed by atoms with Crippen molar-refractivity contribution in [2.24, 2.45) is 0 Å². The molecule has 7 nitrogen and oxygen atoms in total. The molecule has 1 aliphatic heterocycles. The van der Waals surface area contributed by atoms with Gasteiger partial charge < -0.3 is 15.0 Å². The van der Waals surface area contributed by atoms with E-state index >= 15 is 0 Å². The van der Waals surface area contributed by atoms with Crippen molar-refractivity contribution >= 4 is 29.2 Å². The van der Waals surface area contributed by atoms with Crippen molar-refractivity contribution in [1.29, 1.82) is 0 Å². The molecule has 1 saturated heterocycles. The van der Waals surface area contributed by atoms with E-state index in [0.717, 1.165) is 16.9 Å². The van der Waals surface area contributed by atoms with E-state index in [1.807, 2.05) is 48.2 Å². The molecule has 1 fully saturated rings. The number of hydrogen-bond acceptors (Lipinski definition) is 5. The second-order valence-corrected chi connectivity index (χ2v) is 7.20. The van der Waals surface area contributed by atoms with E-state index in [9.17, 15) is 9.59 Å². The van der Waals surface area contributed by atoms with Gasteiger partial charge in [0.05, 0.1) is 30.4 Å². The first-order valence-corrected chi connectivity index (χ1v) is 9.68. The number of benzene rings is 2. The third-order valence-corrected chi connectivity index (χ3v) is 5.42. The van der Waals surface area contributed by atoms with Crippen LogP contribution in [0.15, 0.2) is 53.6 Å². The highest BCUT2D eigenvalue weighted by molar-refractivity contribution is 5.85. The highest BCUT2D eigenvalue weighted by atomic mass is 35.5. The first kappa shape index (κ1) is 21.8. The highest BCUT2D eigenvalue weighted by Crippen LogP contribution is 2.30. The summed E-state index contributed by atoms with van der Waals surface area (Å²) in [4.78, 5) is 32.3. The van der Waals surface area contributed by atoms with Gasteiger partial charge in [0.15, 0.2) is 0 Å². The Balaban J connectivity index is 0.00000256. The summed E-state index contributed by atoms with van der Waals surface area (Å²) in [6, 6.07) is 13.1. The molecule has 0 spiro atoms. The molecule has 0 radical (unpaired) electrons. The average molecular weight is 429 g/mol. The Morgan fingerprint density at radius 3 is 2.83 bits per heavy atom. The molecule has 1 atom stereocenters. The van der Waals surface area contributed by atoms with Crippen LogP contribution in [-0.2, 0) is 11.3 Å². The molecule has 1 amide bonds. The largest absolute Gasteiger partial charge is 0.496 e. The quantitative estimate of drug-likeness (QED) is 0.690. The lowest BCUT2D eigenvalue weighted by molar-refractivity contribution is -0.135. The number of amides is 1. The SMILES string of the molecule is COc1ccccc1C1CNCCN1C(=O)Cn1cnc2c(C)cccc2c1=O.Cl. The van der Waals surface area contributed by atoms with Crippen LogP contribution in [0.4, 0.5) is 0 Å². The fraction of sp³-hybridized carbons (Fsp3) is 0.318. The van der Waals surface area contributed by atoms with Crippen molar-refractivity contribution in [3.8, 4) is 5.75 Å². The number of carbonyl (C=O) groups excluding carboxylic acids is 1. The third-order valence-electron chi connectivity index (χ3n) is 5.42. The normalized spacial score (nSPS) is 16.2. The Labute approximate surface area is 181 Å². The zero-order valence-corrected chi connectivity index (χ0v) is 17.8. The number of methoxy groups -OCH3 is 1. The number of piperazine rings is 1. The number of aromatic nitrogens is 2. The van der Waals surface area contributed by atoms with Crippen molar-refractivity contribution in [1.82, 2.24) is 19.8 Å². The summed E-state index contributed by atoms with van der Waals surface area (Å²) in [7, 11) is 1.63. The fourth-order valence-corrected chi connectivity index (χ4v) is 3.91. The summed E-state index contributed by atoms with van der Waals surface area (Å²) in [5.41, 5.74) is 2.37. The van der Waals surface area contributed by atoms with Gasteiger partial charge >= 0.3 is 0 Å². The summed E-state index contributed by atoms with van der Waals surface area (Å²) in [6.07, 6.45) is 1.47. The molecular weight excluding hydrogens is 404 g/mol. The van der Waals surface area contributed by atoms with Gasteiger partial charge in [-0.25, -0.2) is 4.98 Å². The predicted octanol–water partition coefficient (Wildman–Crippen LogP) is 2.31. The third kappa shape index (κ3) is 4.04. The summed E-state index contributed by atoms with van der Waals surface area (Å²) >= 11 is 0. The molecule has 8 heteroatoms. The van der Waals surface area contributed by atoms with Crippen molar-refractivity contribution in [3.05, 3.63) is 70.3 Å². The Kier molecular flexibility index (Phi) is 6.74. The van der Waals surface area contributed by atoms with E-state index in [1.165, 1.54) is 10.9 Å². The molecule has 1 N–H and O–H groups in total. The van der Waals surface area contributed by atoms with Gasteiger partial charge in [-0.05, 0) is 24.6 Å². The zero-order chi connectivity index (χ0) is 20.4. The molecule has 4 rings (SSSR count). The highest BCUT2D eigenvalue weighted by Gasteiger charge is 2.30.